The summed E-state index contributed by atoms with van der Waals surface area (Å²) >= 11 is 6.08. The van der Waals surface area contributed by atoms with Crippen molar-refractivity contribution in [3.8, 4) is 17.3 Å². The Morgan fingerprint density at radius 2 is 1.92 bits per heavy atom. The SMILES string of the molecule is N#CC1=C(S)N=C(N)[C@H](c2nc(-c3ccccc3)cs2)C12CCCCC2. The number of amidine groups is 1. The summed E-state index contributed by atoms with van der Waals surface area (Å²) in [6.45, 7) is 0. The van der Waals surface area contributed by atoms with Crippen molar-refractivity contribution < 1.29 is 0 Å². The number of allylic oxidation sites excluding steroid dienone is 1. The summed E-state index contributed by atoms with van der Waals surface area (Å²) < 4.78 is 0. The molecule has 2 N–H and O–H groups in total. The van der Waals surface area contributed by atoms with E-state index in [0.717, 1.165) is 41.9 Å². The Balaban J connectivity index is 1.81. The second-order valence-corrected chi connectivity index (χ2v) is 8.25. The first-order chi connectivity index (χ1) is 12.7. The van der Waals surface area contributed by atoms with E-state index in [-0.39, 0.29) is 11.3 Å². The zero-order chi connectivity index (χ0) is 18.1. The largest absolute Gasteiger partial charge is 0.387 e. The van der Waals surface area contributed by atoms with Gasteiger partial charge in [-0.2, -0.15) is 5.26 Å². The highest BCUT2D eigenvalue weighted by molar-refractivity contribution is 7.84. The van der Waals surface area contributed by atoms with E-state index in [1.165, 1.54) is 6.42 Å². The predicted octanol–water partition coefficient (Wildman–Crippen LogP) is 4.88. The summed E-state index contributed by atoms with van der Waals surface area (Å²) in [7, 11) is 0. The Morgan fingerprint density at radius 1 is 1.19 bits per heavy atom. The second kappa shape index (κ2) is 6.90. The minimum absolute atomic E-state index is 0.143. The number of thiazole rings is 1. The van der Waals surface area contributed by atoms with Crippen LogP contribution in [0.1, 0.15) is 43.0 Å². The molecule has 1 aromatic carbocycles. The van der Waals surface area contributed by atoms with Crippen LogP contribution in [0.15, 0.2) is 51.3 Å². The van der Waals surface area contributed by atoms with Crippen LogP contribution in [0, 0.1) is 16.7 Å². The molecule has 4 rings (SSSR count). The van der Waals surface area contributed by atoms with E-state index in [0.29, 0.717) is 16.4 Å². The van der Waals surface area contributed by atoms with Gasteiger partial charge in [0.05, 0.1) is 23.3 Å². The molecule has 1 saturated carbocycles. The highest BCUT2D eigenvalue weighted by atomic mass is 32.1. The van der Waals surface area contributed by atoms with Crippen LogP contribution < -0.4 is 5.73 Å². The van der Waals surface area contributed by atoms with Crippen molar-refractivity contribution in [3.63, 3.8) is 0 Å². The van der Waals surface area contributed by atoms with Gasteiger partial charge in [-0.05, 0) is 12.8 Å². The van der Waals surface area contributed by atoms with Crippen LogP contribution in [-0.2, 0) is 0 Å². The molecule has 132 valence electrons. The summed E-state index contributed by atoms with van der Waals surface area (Å²) in [5.41, 5.74) is 8.79. The second-order valence-electron chi connectivity index (χ2n) is 6.93. The summed E-state index contributed by atoms with van der Waals surface area (Å²) in [6.07, 6.45) is 5.24. The molecule has 2 aliphatic rings. The van der Waals surface area contributed by atoms with Gasteiger partial charge in [-0.3, -0.25) is 0 Å². The number of aromatic nitrogens is 1. The van der Waals surface area contributed by atoms with E-state index < -0.39 is 0 Å². The molecule has 0 saturated heterocycles. The summed E-state index contributed by atoms with van der Waals surface area (Å²) in [4.78, 5) is 9.31. The lowest BCUT2D eigenvalue weighted by atomic mass is 9.61. The van der Waals surface area contributed by atoms with E-state index in [1.807, 2.05) is 18.2 Å². The average Bonchev–Trinajstić information content (AvgIpc) is 3.12. The Morgan fingerprint density at radius 3 is 2.62 bits per heavy atom. The first-order valence-electron chi connectivity index (χ1n) is 8.84. The number of nitrogens with zero attached hydrogens (tertiary/aromatic N) is 3. The quantitative estimate of drug-likeness (QED) is 0.729. The number of rotatable bonds is 2. The van der Waals surface area contributed by atoms with Crippen molar-refractivity contribution in [3.05, 3.63) is 51.3 Å². The Hall–Kier alpha value is -2.10. The minimum atomic E-state index is -0.318. The van der Waals surface area contributed by atoms with Gasteiger partial charge < -0.3 is 5.73 Å². The van der Waals surface area contributed by atoms with Crippen molar-refractivity contribution in [1.29, 1.82) is 5.26 Å². The molecule has 1 atom stereocenters. The van der Waals surface area contributed by atoms with Crippen molar-refractivity contribution in [2.75, 3.05) is 0 Å². The molecule has 4 nitrogen and oxygen atoms in total. The molecule has 1 aromatic heterocycles. The van der Waals surface area contributed by atoms with Gasteiger partial charge >= 0.3 is 0 Å². The smallest absolute Gasteiger partial charge is 0.111 e. The van der Waals surface area contributed by atoms with Crippen molar-refractivity contribution in [1.82, 2.24) is 4.98 Å². The van der Waals surface area contributed by atoms with Gasteiger partial charge in [0.2, 0.25) is 0 Å². The molecule has 26 heavy (non-hydrogen) atoms. The van der Waals surface area contributed by atoms with Crippen LogP contribution in [0.4, 0.5) is 0 Å². The van der Waals surface area contributed by atoms with Gasteiger partial charge in [0.15, 0.2) is 0 Å². The van der Waals surface area contributed by atoms with Crippen LogP contribution in [0.5, 0.6) is 0 Å². The van der Waals surface area contributed by atoms with Crippen LogP contribution in [0.2, 0.25) is 0 Å². The van der Waals surface area contributed by atoms with E-state index in [1.54, 1.807) is 11.3 Å². The van der Waals surface area contributed by atoms with Crippen LogP contribution in [0.3, 0.4) is 0 Å². The monoisotopic (exact) mass is 380 g/mol. The van der Waals surface area contributed by atoms with Crippen LogP contribution in [0.25, 0.3) is 11.3 Å². The van der Waals surface area contributed by atoms with Gasteiger partial charge in [-0.1, -0.05) is 49.6 Å². The highest BCUT2D eigenvalue weighted by Crippen LogP contribution is 2.56. The third-order valence-electron chi connectivity index (χ3n) is 5.50. The summed E-state index contributed by atoms with van der Waals surface area (Å²) in [6, 6.07) is 12.5. The maximum absolute atomic E-state index is 9.83. The molecule has 0 radical (unpaired) electrons. The fraction of sp³-hybridized carbons (Fsp3) is 0.350. The zero-order valence-electron chi connectivity index (χ0n) is 14.4. The molecule has 6 heteroatoms. The van der Waals surface area contributed by atoms with Gasteiger partial charge in [0.25, 0.3) is 0 Å². The fourth-order valence-corrected chi connectivity index (χ4v) is 5.74. The Kier molecular flexibility index (Phi) is 4.60. The molecule has 1 aliphatic heterocycles. The lowest BCUT2D eigenvalue weighted by Crippen LogP contribution is -2.43. The fourth-order valence-electron chi connectivity index (χ4n) is 4.30. The molecule has 0 bridgehead atoms. The van der Waals surface area contributed by atoms with Crippen molar-refractivity contribution in [2.45, 2.75) is 38.0 Å². The average molecular weight is 381 g/mol. The number of aliphatic imine (C=N–C) groups is 1. The first-order valence-corrected chi connectivity index (χ1v) is 10.2. The lowest BCUT2D eigenvalue weighted by Gasteiger charge is -2.44. The topological polar surface area (TPSA) is 75.1 Å². The molecule has 1 aliphatic carbocycles. The van der Waals surface area contributed by atoms with Gasteiger partial charge in [0, 0.05) is 16.4 Å². The van der Waals surface area contributed by atoms with E-state index >= 15 is 0 Å². The summed E-state index contributed by atoms with van der Waals surface area (Å²) in [5.74, 6) is 0.390. The molecule has 2 aromatic rings. The number of benzene rings is 1. The summed E-state index contributed by atoms with van der Waals surface area (Å²) in [5, 5.41) is 13.3. The molecular formula is C20H20N4S2. The van der Waals surface area contributed by atoms with E-state index in [9.17, 15) is 5.26 Å². The number of nitrogens with two attached hydrogens (primary N) is 1. The minimum Gasteiger partial charge on any atom is -0.387 e. The van der Waals surface area contributed by atoms with E-state index in [4.69, 9.17) is 10.7 Å². The van der Waals surface area contributed by atoms with Crippen LogP contribution in [-0.4, -0.2) is 10.8 Å². The number of nitriles is 1. The highest BCUT2D eigenvalue weighted by Gasteiger charge is 2.50. The third kappa shape index (κ3) is 2.76. The number of hydrogen-bond acceptors (Lipinski definition) is 6. The lowest BCUT2D eigenvalue weighted by molar-refractivity contribution is 0.224. The molecular weight excluding hydrogens is 360 g/mol. The standard InChI is InChI=1S/C20H20N4S2/c21-11-14-18(25)24-17(22)16(20(14)9-5-2-6-10-20)19-23-15(12-26-19)13-7-3-1-4-8-13/h1,3-4,7-8,12,16,25H,2,5-6,9-10H2,(H2,22,24)/t16-/m1/s1. The van der Waals surface area contributed by atoms with Gasteiger partial charge in [-0.15, -0.1) is 24.0 Å². The Bertz CT molecular complexity index is 915. The molecule has 2 heterocycles. The van der Waals surface area contributed by atoms with Crippen LogP contribution >= 0.6 is 24.0 Å². The van der Waals surface area contributed by atoms with Crippen molar-refractivity contribution in [2.24, 2.45) is 16.1 Å². The maximum atomic E-state index is 9.83. The zero-order valence-corrected chi connectivity index (χ0v) is 16.1. The number of thiol groups is 1. The van der Waals surface area contributed by atoms with Gasteiger partial charge in [-0.25, -0.2) is 9.98 Å². The third-order valence-corrected chi connectivity index (χ3v) is 6.73. The molecule has 1 spiro atoms. The van der Waals surface area contributed by atoms with Crippen molar-refractivity contribution >= 4 is 29.8 Å². The molecule has 0 unspecified atom stereocenters. The molecule has 0 amide bonds. The predicted molar refractivity (Wildman–Crippen MR) is 109 cm³/mol. The molecule has 1 fully saturated rings. The maximum Gasteiger partial charge on any atom is 0.111 e. The number of hydrogen-bond donors (Lipinski definition) is 2. The van der Waals surface area contributed by atoms with Gasteiger partial charge in [0.1, 0.15) is 15.9 Å². The first kappa shape index (κ1) is 17.3. The normalized spacial score (nSPS) is 22.2. The Labute approximate surface area is 162 Å². The van der Waals surface area contributed by atoms with E-state index in [2.05, 4.69) is 41.2 Å².